The van der Waals surface area contributed by atoms with E-state index in [1.807, 2.05) is 24.3 Å². The van der Waals surface area contributed by atoms with Gasteiger partial charge in [0.15, 0.2) is 0 Å². The molecule has 0 radical (unpaired) electrons. The average molecular weight is 220 g/mol. The number of hydrogen-bond acceptors (Lipinski definition) is 3. The monoisotopic (exact) mass is 220 g/mol. The third-order valence-electron chi connectivity index (χ3n) is 3.07. The molecule has 3 heteroatoms. The van der Waals surface area contributed by atoms with Gasteiger partial charge in [0.1, 0.15) is 11.9 Å². The maximum atomic E-state index is 6.03. The lowest BCUT2D eigenvalue weighted by molar-refractivity contribution is 0.103. The second-order valence-electron chi connectivity index (χ2n) is 4.46. The largest absolute Gasteiger partial charge is 0.489 e. The molecular formula is C13H20N2O. The summed E-state index contributed by atoms with van der Waals surface area (Å²) in [6.07, 6.45) is 2.67. The first kappa shape index (κ1) is 11.4. The van der Waals surface area contributed by atoms with Gasteiger partial charge in [-0.1, -0.05) is 18.2 Å². The number of ether oxygens (including phenoxy) is 1. The molecule has 0 saturated carbocycles. The van der Waals surface area contributed by atoms with E-state index in [9.17, 15) is 0 Å². The second-order valence-corrected chi connectivity index (χ2v) is 4.46. The van der Waals surface area contributed by atoms with Gasteiger partial charge in [0, 0.05) is 18.7 Å². The molecule has 0 spiro atoms. The van der Waals surface area contributed by atoms with E-state index in [-0.39, 0.29) is 0 Å². The van der Waals surface area contributed by atoms with Gasteiger partial charge in [0.25, 0.3) is 0 Å². The normalized spacial score (nSPS) is 22.0. The van der Waals surface area contributed by atoms with Crippen molar-refractivity contribution in [3.63, 3.8) is 0 Å². The van der Waals surface area contributed by atoms with E-state index in [4.69, 9.17) is 10.5 Å². The minimum atomic E-state index is 0.312. The van der Waals surface area contributed by atoms with Gasteiger partial charge in [-0.05, 0) is 32.5 Å². The highest BCUT2D eigenvalue weighted by Gasteiger charge is 2.19. The first-order chi connectivity index (χ1) is 7.79. The van der Waals surface area contributed by atoms with E-state index in [2.05, 4.69) is 11.9 Å². The van der Waals surface area contributed by atoms with Gasteiger partial charge < -0.3 is 15.4 Å². The lowest BCUT2D eigenvalue weighted by atomic mass is 10.1. The fourth-order valence-electron chi connectivity index (χ4n) is 2.18. The van der Waals surface area contributed by atoms with Crippen LogP contribution in [0.25, 0.3) is 0 Å². The molecule has 1 unspecified atom stereocenters. The number of benzene rings is 1. The molecule has 1 aromatic rings. The molecule has 2 N–H and O–H groups in total. The fourth-order valence-corrected chi connectivity index (χ4v) is 2.18. The minimum Gasteiger partial charge on any atom is -0.489 e. The van der Waals surface area contributed by atoms with Crippen molar-refractivity contribution in [1.29, 1.82) is 0 Å². The minimum absolute atomic E-state index is 0.312. The predicted molar refractivity (Wildman–Crippen MR) is 65.5 cm³/mol. The number of hydrogen-bond donors (Lipinski definition) is 1. The van der Waals surface area contributed by atoms with E-state index >= 15 is 0 Å². The van der Waals surface area contributed by atoms with Crippen LogP contribution in [0.2, 0.25) is 0 Å². The van der Waals surface area contributed by atoms with E-state index in [0.717, 1.165) is 24.3 Å². The van der Waals surface area contributed by atoms with Crippen LogP contribution >= 0.6 is 0 Å². The summed E-state index contributed by atoms with van der Waals surface area (Å²) in [5.41, 5.74) is 6.79. The van der Waals surface area contributed by atoms with Crippen molar-refractivity contribution in [1.82, 2.24) is 4.90 Å². The van der Waals surface area contributed by atoms with Crippen LogP contribution in [-0.4, -0.2) is 31.1 Å². The molecule has 16 heavy (non-hydrogen) atoms. The third-order valence-corrected chi connectivity index (χ3v) is 3.07. The van der Waals surface area contributed by atoms with E-state index < -0.39 is 0 Å². The maximum absolute atomic E-state index is 6.03. The van der Waals surface area contributed by atoms with Gasteiger partial charge in [0.05, 0.1) is 0 Å². The number of para-hydroxylation sites is 1. The standard InChI is InChI=1S/C13H20N2O/c1-15-8-4-6-12(10-15)16-13-7-3-2-5-11(13)9-14/h2-3,5,7,12H,4,6,8-10,14H2,1H3. The van der Waals surface area contributed by atoms with Gasteiger partial charge in [-0.3, -0.25) is 0 Å². The first-order valence-electron chi connectivity index (χ1n) is 5.93. The number of nitrogens with two attached hydrogens (primary N) is 1. The molecule has 1 aliphatic rings. The Hall–Kier alpha value is -1.06. The Labute approximate surface area is 97.2 Å². The fraction of sp³-hybridized carbons (Fsp3) is 0.538. The van der Waals surface area contributed by atoms with Crippen molar-refractivity contribution >= 4 is 0 Å². The Morgan fingerprint density at radius 3 is 3.00 bits per heavy atom. The van der Waals surface area contributed by atoms with Crippen molar-refractivity contribution in [2.24, 2.45) is 5.73 Å². The van der Waals surface area contributed by atoms with Crippen LogP contribution in [0.4, 0.5) is 0 Å². The van der Waals surface area contributed by atoms with Crippen LogP contribution in [0.3, 0.4) is 0 Å². The lowest BCUT2D eigenvalue weighted by Gasteiger charge is -2.30. The van der Waals surface area contributed by atoms with E-state index in [0.29, 0.717) is 12.6 Å². The molecule has 1 saturated heterocycles. The van der Waals surface area contributed by atoms with Crippen molar-refractivity contribution in [3.05, 3.63) is 29.8 Å². The van der Waals surface area contributed by atoms with Crippen LogP contribution in [0.15, 0.2) is 24.3 Å². The summed E-state index contributed by atoms with van der Waals surface area (Å²) in [5, 5.41) is 0. The van der Waals surface area contributed by atoms with Crippen LogP contribution in [0.1, 0.15) is 18.4 Å². The number of rotatable bonds is 3. The zero-order valence-electron chi connectivity index (χ0n) is 9.86. The van der Waals surface area contributed by atoms with Crippen LogP contribution in [0, 0.1) is 0 Å². The molecule has 1 atom stereocenters. The number of likely N-dealkylation sites (tertiary alicyclic amines) is 1. The van der Waals surface area contributed by atoms with Gasteiger partial charge in [-0.15, -0.1) is 0 Å². The van der Waals surface area contributed by atoms with Crippen LogP contribution in [0.5, 0.6) is 5.75 Å². The zero-order chi connectivity index (χ0) is 11.4. The van der Waals surface area contributed by atoms with Crippen molar-refractivity contribution in [2.75, 3.05) is 20.1 Å². The number of nitrogens with zero attached hydrogens (tertiary/aromatic N) is 1. The molecule has 3 nitrogen and oxygen atoms in total. The number of piperidine rings is 1. The number of likely N-dealkylation sites (N-methyl/N-ethyl adjacent to an activating group) is 1. The topological polar surface area (TPSA) is 38.5 Å². The SMILES string of the molecule is CN1CCCC(Oc2ccccc2CN)C1. The molecular weight excluding hydrogens is 200 g/mol. The Morgan fingerprint density at radius 1 is 1.44 bits per heavy atom. The second kappa shape index (κ2) is 5.32. The van der Waals surface area contributed by atoms with E-state index in [1.165, 1.54) is 13.0 Å². The zero-order valence-corrected chi connectivity index (χ0v) is 9.86. The molecule has 1 aliphatic heterocycles. The molecule has 2 rings (SSSR count). The highest BCUT2D eigenvalue weighted by molar-refractivity contribution is 5.33. The van der Waals surface area contributed by atoms with Crippen molar-refractivity contribution < 1.29 is 4.74 Å². The summed E-state index contributed by atoms with van der Waals surface area (Å²) >= 11 is 0. The van der Waals surface area contributed by atoms with Gasteiger partial charge in [0.2, 0.25) is 0 Å². The van der Waals surface area contributed by atoms with E-state index in [1.54, 1.807) is 0 Å². The van der Waals surface area contributed by atoms with Gasteiger partial charge >= 0.3 is 0 Å². The quantitative estimate of drug-likeness (QED) is 0.841. The van der Waals surface area contributed by atoms with Gasteiger partial charge in [-0.2, -0.15) is 0 Å². The third kappa shape index (κ3) is 2.74. The lowest BCUT2D eigenvalue weighted by Crippen LogP contribution is -2.38. The highest BCUT2D eigenvalue weighted by Crippen LogP contribution is 2.21. The first-order valence-corrected chi connectivity index (χ1v) is 5.93. The summed E-state index contributed by atoms with van der Waals surface area (Å²) in [6.45, 7) is 2.73. The van der Waals surface area contributed by atoms with Crippen molar-refractivity contribution in [3.8, 4) is 5.75 Å². The molecule has 0 aromatic heterocycles. The summed E-state index contributed by atoms with van der Waals surface area (Å²) in [6, 6.07) is 8.04. The van der Waals surface area contributed by atoms with Crippen LogP contribution in [-0.2, 0) is 6.54 Å². The predicted octanol–water partition coefficient (Wildman–Crippen LogP) is 1.62. The molecule has 0 bridgehead atoms. The maximum Gasteiger partial charge on any atom is 0.124 e. The Balaban J connectivity index is 2.02. The highest BCUT2D eigenvalue weighted by atomic mass is 16.5. The summed E-state index contributed by atoms with van der Waals surface area (Å²) in [7, 11) is 2.14. The smallest absolute Gasteiger partial charge is 0.124 e. The van der Waals surface area contributed by atoms with Crippen LogP contribution < -0.4 is 10.5 Å². The molecule has 1 heterocycles. The Kier molecular flexibility index (Phi) is 3.80. The molecule has 88 valence electrons. The summed E-state index contributed by atoms with van der Waals surface area (Å²) in [4.78, 5) is 2.32. The summed E-state index contributed by atoms with van der Waals surface area (Å²) < 4.78 is 6.03. The summed E-state index contributed by atoms with van der Waals surface area (Å²) in [5.74, 6) is 0.949. The molecule has 0 amide bonds. The molecule has 1 fully saturated rings. The Bertz CT molecular complexity index is 340. The average Bonchev–Trinajstić information content (AvgIpc) is 2.30. The molecule has 1 aromatic carbocycles. The Morgan fingerprint density at radius 2 is 2.25 bits per heavy atom. The molecule has 0 aliphatic carbocycles. The van der Waals surface area contributed by atoms with Gasteiger partial charge in [-0.25, -0.2) is 0 Å². The van der Waals surface area contributed by atoms with Crippen molar-refractivity contribution in [2.45, 2.75) is 25.5 Å².